The van der Waals surface area contributed by atoms with E-state index in [2.05, 4.69) is 39.4 Å². The quantitative estimate of drug-likeness (QED) is 0.0250. The van der Waals surface area contributed by atoms with Crippen LogP contribution in [-0.4, -0.2) is 217 Å². The lowest BCUT2D eigenvalue weighted by Gasteiger charge is -2.45. The van der Waals surface area contributed by atoms with E-state index in [0.717, 1.165) is 17.2 Å². The number of fused-ring (bicyclic) bond motifs is 1. The van der Waals surface area contributed by atoms with Crippen LogP contribution in [0.25, 0.3) is 11.2 Å². The smallest absolute Gasteiger partial charge is 0.389 e. The molecule has 5 rings (SSSR count). The van der Waals surface area contributed by atoms with Crippen LogP contribution in [0.3, 0.4) is 0 Å². The highest BCUT2D eigenvalue weighted by Crippen LogP contribution is 2.61. The molecule has 38 heteroatoms. The number of rotatable bonds is 25. The summed E-state index contributed by atoms with van der Waals surface area (Å²) in [7, 11) is -16.6. The third-order valence-electron chi connectivity index (χ3n) is 11.6. The lowest BCUT2D eigenvalue weighted by molar-refractivity contribution is -0.288. The number of nitrogen functional groups attached to an aromatic ring is 1. The molecule has 2 saturated heterocycles. The van der Waals surface area contributed by atoms with Crippen molar-refractivity contribution in [3.63, 3.8) is 0 Å². The van der Waals surface area contributed by atoms with Crippen LogP contribution < -0.4 is 33.6 Å². The highest BCUT2D eigenvalue weighted by molar-refractivity contribution is 7.99. The summed E-state index contributed by atoms with van der Waals surface area (Å²) in [6.45, 7) is -0.258. The van der Waals surface area contributed by atoms with Crippen LogP contribution in [-0.2, 0) is 60.2 Å². The molecular formula is C36H62N11O23P3S. The number of aliphatic hydroxyl groups excluding tert-OH is 6. The number of hydrogen-bond donors (Lipinski definition) is 16. The lowest BCUT2D eigenvalue weighted by Crippen LogP contribution is -2.67. The van der Waals surface area contributed by atoms with Crippen molar-refractivity contribution in [2.45, 2.75) is 125 Å². The van der Waals surface area contributed by atoms with Crippen molar-refractivity contribution in [1.29, 1.82) is 0 Å². The minimum Gasteiger partial charge on any atom is -0.389 e. The fraction of sp³-hybridized carbons (Fsp3) is 0.750. The van der Waals surface area contributed by atoms with Crippen LogP contribution in [0.15, 0.2) is 17.6 Å². The van der Waals surface area contributed by atoms with E-state index in [4.69, 9.17) is 46.2 Å². The number of aliphatic hydroxyl groups is 6. The van der Waals surface area contributed by atoms with E-state index in [1.807, 2.05) is 0 Å². The van der Waals surface area contributed by atoms with Gasteiger partial charge in [-0.1, -0.05) is 13.8 Å². The number of nitrogens with two attached hydrogens (primary N) is 4. The van der Waals surface area contributed by atoms with Crippen LogP contribution in [0.1, 0.15) is 39.3 Å². The number of aromatic nitrogens is 4. The van der Waals surface area contributed by atoms with Gasteiger partial charge >= 0.3 is 23.5 Å². The van der Waals surface area contributed by atoms with Gasteiger partial charge in [-0.15, -0.1) is 0 Å². The van der Waals surface area contributed by atoms with Crippen LogP contribution in [0.2, 0.25) is 0 Å². The summed E-state index contributed by atoms with van der Waals surface area (Å²) in [6, 6.07) is -2.88. The normalized spacial score (nSPS) is 32.0. The minimum absolute atomic E-state index is 0.00811. The summed E-state index contributed by atoms with van der Waals surface area (Å²) >= 11 is 1.23. The van der Waals surface area contributed by atoms with Gasteiger partial charge in [0, 0.05) is 61.2 Å². The average molecular weight is 1140 g/mol. The molecule has 0 spiro atoms. The molecule has 0 aromatic carbocycles. The number of imidazole rings is 1. The minimum atomic E-state index is -5.63. The molecule has 17 atom stereocenters. The number of nitrogens with one attached hydrogen (secondary N) is 2. The zero-order chi connectivity index (χ0) is 55.1. The van der Waals surface area contributed by atoms with Crippen LogP contribution in [0, 0.1) is 5.41 Å². The summed E-state index contributed by atoms with van der Waals surface area (Å²) in [6.07, 6.45) is -15.5. The van der Waals surface area contributed by atoms with E-state index in [9.17, 15) is 78.3 Å². The van der Waals surface area contributed by atoms with Gasteiger partial charge in [-0.2, -0.15) is 16.1 Å². The van der Waals surface area contributed by atoms with E-state index in [1.54, 1.807) is 0 Å². The molecule has 2 aromatic heterocycles. The predicted molar refractivity (Wildman–Crippen MR) is 251 cm³/mol. The standard InChI is InChI=1S/C36H62N11O23P3S/c1-36(2,12-65-73(62,63)70-72(60,61)64-11-18-29(69-71(57,58)59)27(54)34(66-18)47-14-46-22-31(40)44-13-45-32(22)47)30(55)33(56)42-5-3-19(48)41-6-8-74-7-4-20(49)43-10-17-24(51)25(52)21(39)35(67-17)68-28-16(38)9-15(37)23(50)26(28)53/h6,13-18,21,23-30,34-35,50-55H,3-5,7-12,37-39H2,1-2H3,(H,42,56)(H,43,49)(H,60,61)(H,62,63)(H2,40,44,45)(H2,57,58,59)/t15-,16+,17-,18-,21-,23+,24-,25-,26-,27-,28-,29-,30+,34-,35-/m1/s1. The first-order chi connectivity index (χ1) is 34.4. The molecule has 3 amide bonds. The Balaban J connectivity index is 0.976. The Kier molecular flexibility index (Phi) is 21.7. The molecule has 2 aromatic rings. The second-order valence-electron chi connectivity index (χ2n) is 17.8. The number of phosphoric acid groups is 3. The number of ether oxygens (including phenoxy) is 3. The summed E-state index contributed by atoms with van der Waals surface area (Å²) in [5.74, 6) is -1.77. The van der Waals surface area contributed by atoms with Gasteiger partial charge < -0.3 is 98.0 Å². The maximum atomic E-state index is 12.8. The third kappa shape index (κ3) is 16.7. The van der Waals surface area contributed by atoms with Crippen molar-refractivity contribution < 1.29 is 110 Å². The van der Waals surface area contributed by atoms with Crippen molar-refractivity contribution in [1.82, 2.24) is 30.2 Å². The topological polar surface area (TPSA) is 553 Å². The molecule has 3 fully saturated rings. The van der Waals surface area contributed by atoms with Gasteiger partial charge in [0.15, 0.2) is 24.0 Å². The number of amides is 3. The second kappa shape index (κ2) is 26.0. The number of thioether (sulfide) groups is 1. The highest BCUT2D eigenvalue weighted by atomic mass is 32.2. The first-order valence-electron chi connectivity index (χ1n) is 22.2. The zero-order valence-electron chi connectivity index (χ0n) is 39.3. The number of hydrogen-bond acceptors (Lipinski definition) is 27. The van der Waals surface area contributed by atoms with Crippen LogP contribution in [0.4, 0.5) is 5.82 Å². The summed E-state index contributed by atoms with van der Waals surface area (Å²) in [5.41, 5.74) is 22.0. The Labute approximate surface area is 424 Å². The van der Waals surface area contributed by atoms with Gasteiger partial charge in [-0.3, -0.25) is 32.5 Å². The van der Waals surface area contributed by atoms with Gasteiger partial charge in [0.05, 0.1) is 31.7 Å². The monoisotopic (exact) mass is 1140 g/mol. The zero-order valence-corrected chi connectivity index (χ0v) is 42.8. The number of carbonyl (C=O) groups is 3. The number of phosphoric ester groups is 3. The SMILES string of the molecule is CC(C)(COP(=O)(O)OP(=O)(O)OC[C@H]1O[C@@H](n2cnc3c(N)ncnc32)[C@H](O)[C@@H]1OP(=O)(O)O)[C@@H](O)C(=O)NCCC(=O)N=CCSCCC(=O)NC[C@H]1O[C@H](O[C@H]2[C@H](O)[C@@H](O)[C@H](N)C[C@@H]2N)[C@H](N)[C@@H](O)[C@@H]1O. The predicted octanol–water partition coefficient (Wildman–Crippen LogP) is -5.94. The Bertz CT molecular complexity index is 2430. The van der Waals surface area contributed by atoms with E-state index < -0.39 is 152 Å². The Morgan fingerprint density at radius 3 is 2.28 bits per heavy atom. The molecule has 20 N–H and O–H groups in total. The van der Waals surface area contributed by atoms with E-state index >= 15 is 0 Å². The van der Waals surface area contributed by atoms with Gasteiger partial charge in [0.2, 0.25) is 17.7 Å². The van der Waals surface area contributed by atoms with Crippen molar-refractivity contribution in [3.05, 3.63) is 12.7 Å². The van der Waals surface area contributed by atoms with Crippen LogP contribution >= 0.6 is 35.2 Å². The number of nitrogens with zero attached hydrogens (tertiary/aromatic N) is 5. The maximum Gasteiger partial charge on any atom is 0.481 e. The van der Waals surface area contributed by atoms with Gasteiger partial charge in [0.1, 0.15) is 66.8 Å². The molecule has 34 nitrogen and oxygen atoms in total. The highest BCUT2D eigenvalue weighted by Gasteiger charge is 2.51. The Hall–Kier alpha value is -3.13. The molecule has 2 unspecified atom stereocenters. The molecule has 74 heavy (non-hydrogen) atoms. The number of anilines is 1. The first kappa shape index (κ1) is 61.7. The Morgan fingerprint density at radius 1 is 0.905 bits per heavy atom. The number of carbonyl (C=O) groups excluding carboxylic acids is 3. The van der Waals surface area contributed by atoms with E-state index in [-0.39, 0.29) is 60.8 Å². The molecular weight excluding hydrogens is 1080 g/mol. The first-order valence-corrected chi connectivity index (χ1v) is 27.9. The largest absolute Gasteiger partial charge is 0.481 e. The van der Waals surface area contributed by atoms with Crippen molar-refractivity contribution in [2.75, 3.05) is 43.5 Å². The maximum absolute atomic E-state index is 12.8. The van der Waals surface area contributed by atoms with Gasteiger partial charge in [-0.05, 0) is 6.42 Å². The summed E-state index contributed by atoms with van der Waals surface area (Å²) < 4.78 is 73.8. The second-order valence-corrected chi connectivity index (χ2v) is 23.2. The van der Waals surface area contributed by atoms with Gasteiger partial charge in [0.25, 0.3) is 0 Å². The summed E-state index contributed by atoms with van der Waals surface area (Å²) in [4.78, 5) is 92.4. The molecule has 0 radical (unpaired) electrons. The van der Waals surface area contributed by atoms with Crippen molar-refractivity contribution >= 4 is 76.1 Å². The van der Waals surface area contributed by atoms with Crippen molar-refractivity contribution in [2.24, 2.45) is 27.6 Å². The average Bonchev–Trinajstić information content (AvgIpc) is 3.88. The molecule has 2 aliphatic heterocycles. The number of aliphatic imine (C=N–C) groups is 1. The molecule has 1 aliphatic carbocycles. The van der Waals surface area contributed by atoms with Crippen LogP contribution in [0.5, 0.6) is 0 Å². The Morgan fingerprint density at radius 2 is 1.59 bits per heavy atom. The van der Waals surface area contributed by atoms with Crippen molar-refractivity contribution in [3.8, 4) is 0 Å². The molecule has 1 saturated carbocycles. The fourth-order valence-electron chi connectivity index (χ4n) is 7.52. The van der Waals surface area contributed by atoms with E-state index in [0.29, 0.717) is 0 Å². The molecule has 3 aliphatic rings. The van der Waals surface area contributed by atoms with Gasteiger partial charge in [-0.25, -0.2) is 33.6 Å². The summed E-state index contributed by atoms with van der Waals surface area (Å²) in [5, 5.41) is 68.1. The fourth-order valence-corrected chi connectivity index (χ4v) is 11.0. The molecule has 4 heterocycles. The molecule has 420 valence electrons. The molecule has 0 bridgehead atoms. The third-order valence-corrected chi connectivity index (χ3v) is 15.6. The lowest BCUT2D eigenvalue weighted by atomic mass is 9.84. The van der Waals surface area contributed by atoms with E-state index in [1.165, 1.54) is 31.8 Å².